The Kier molecular flexibility index (Phi) is 6.46. The van der Waals surface area contributed by atoms with E-state index >= 15 is 0 Å². The second-order valence-electron chi connectivity index (χ2n) is 5.82. The smallest absolute Gasteiger partial charge is 0.344 e. The Bertz CT molecular complexity index is 863. The van der Waals surface area contributed by atoms with Crippen LogP contribution in [0.15, 0.2) is 47.6 Å². The van der Waals surface area contributed by atoms with Crippen molar-refractivity contribution in [1.29, 1.82) is 0 Å². The number of carbonyl (C=O) groups excluding carboxylic acids is 2. The summed E-state index contributed by atoms with van der Waals surface area (Å²) < 4.78 is 20.6. The Morgan fingerprint density at radius 2 is 1.93 bits per heavy atom. The van der Waals surface area contributed by atoms with Gasteiger partial charge in [0.15, 0.2) is 18.1 Å². The van der Waals surface area contributed by atoms with Gasteiger partial charge >= 0.3 is 5.97 Å². The predicted molar refractivity (Wildman–Crippen MR) is 101 cm³/mol. The number of carbonyl (C=O) groups is 2. The maximum absolute atomic E-state index is 12.0. The van der Waals surface area contributed by atoms with Crippen molar-refractivity contribution in [3.05, 3.63) is 53.6 Å². The normalized spacial score (nSPS) is 12.0. The molecule has 8 heteroatoms. The summed E-state index contributed by atoms with van der Waals surface area (Å²) in [5.41, 5.74) is 4.06. The molecule has 2 aromatic rings. The molecule has 0 aromatic heterocycles. The summed E-state index contributed by atoms with van der Waals surface area (Å²) in [5, 5.41) is 3.94. The summed E-state index contributed by atoms with van der Waals surface area (Å²) in [5.74, 6) is 1.19. The average molecular weight is 384 g/mol. The molecule has 1 aliphatic rings. The van der Waals surface area contributed by atoms with E-state index in [-0.39, 0.29) is 25.7 Å². The number of benzene rings is 2. The topological polar surface area (TPSA) is 95.5 Å². The number of esters is 1. The molecule has 3 rings (SSSR count). The number of fused-ring (bicyclic) bond motifs is 1. The molecule has 1 amide bonds. The molecule has 8 nitrogen and oxygen atoms in total. The van der Waals surface area contributed by atoms with Gasteiger partial charge in [0.25, 0.3) is 0 Å². The van der Waals surface area contributed by atoms with E-state index in [0.29, 0.717) is 23.9 Å². The van der Waals surface area contributed by atoms with Crippen LogP contribution in [0.3, 0.4) is 0 Å². The van der Waals surface area contributed by atoms with Crippen LogP contribution >= 0.6 is 0 Å². The molecule has 0 aliphatic carbocycles. The summed E-state index contributed by atoms with van der Waals surface area (Å²) in [6.07, 6.45) is 1.70. The number of nitrogens with one attached hydrogen (secondary N) is 1. The number of hydrazone groups is 1. The zero-order valence-electron chi connectivity index (χ0n) is 15.3. The Hall–Kier alpha value is -3.55. The van der Waals surface area contributed by atoms with E-state index in [0.717, 1.165) is 11.1 Å². The quantitative estimate of drug-likeness (QED) is 0.425. The van der Waals surface area contributed by atoms with Crippen molar-refractivity contribution in [2.24, 2.45) is 5.10 Å². The molecule has 0 bridgehead atoms. The van der Waals surface area contributed by atoms with E-state index in [1.807, 2.05) is 6.07 Å². The summed E-state index contributed by atoms with van der Waals surface area (Å²) in [4.78, 5) is 23.3. The van der Waals surface area contributed by atoms with Gasteiger partial charge in [0, 0.05) is 0 Å². The molecule has 0 radical (unpaired) electrons. The summed E-state index contributed by atoms with van der Waals surface area (Å²) in [7, 11) is 0. The minimum atomic E-state index is -0.418. The van der Waals surface area contributed by atoms with Crippen molar-refractivity contribution in [2.75, 3.05) is 20.0 Å². The second kappa shape index (κ2) is 9.40. The fourth-order valence-electron chi connectivity index (χ4n) is 2.45. The Labute approximate surface area is 162 Å². The standard InChI is InChI=1S/C20H20N2O6/c1-2-25-20(24)12-26-16-6-3-14(4-7-16)11-21-22-19(23)10-15-5-8-17-18(9-15)28-13-27-17/h3-9,11H,2,10,12-13H2,1H3,(H,22,23)/b21-11-. The van der Waals surface area contributed by atoms with Gasteiger partial charge in [0.05, 0.1) is 19.2 Å². The van der Waals surface area contributed by atoms with E-state index in [2.05, 4.69) is 10.5 Å². The van der Waals surface area contributed by atoms with Crippen molar-refractivity contribution in [2.45, 2.75) is 13.3 Å². The van der Waals surface area contributed by atoms with Gasteiger partial charge in [-0.15, -0.1) is 0 Å². The highest BCUT2D eigenvalue weighted by Crippen LogP contribution is 2.32. The lowest BCUT2D eigenvalue weighted by Crippen LogP contribution is -2.19. The minimum Gasteiger partial charge on any atom is -0.482 e. The van der Waals surface area contributed by atoms with E-state index in [9.17, 15) is 9.59 Å². The van der Waals surface area contributed by atoms with Crippen LogP contribution in [0.4, 0.5) is 0 Å². The van der Waals surface area contributed by atoms with Crippen molar-refractivity contribution in [3.63, 3.8) is 0 Å². The summed E-state index contributed by atoms with van der Waals surface area (Å²) >= 11 is 0. The predicted octanol–water partition coefficient (Wildman–Crippen LogP) is 2.05. The van der Waals surface area contributed by atoms with Gasteiger partial charge in [-0.2, -0.15) is 5.10 Å². The van der Waals surface area contributed by atoms with Gasteiger partial charge in [-0.3, -0.25) is 4.79 Å². The Morgan fingerprint density at radius 3 is 2.71 bits per heavy atom. The lowest BCUT2D eigenvalue weighted by Gasteiger charge is -2.05. The number of ether oxygens (including phenoxy) is 4. The third-order valence-electron chi connectivity index (χ3n) is 3.75. The molecule has 0 fully saturated rings. The first-order chi connectivity index (χ1) is 13.6. The maximum atomic E-state index is 12.0. The number of rotatable bonds is 8. The van der Waals surface area contributed by atoms with Crippen molar-refractivity contribution in [1.82, 2.24) is 5.43 Å². The molecule has 0 spiro atoms. The average Bonchev–Trinajstić information content (AvgIpc) is 3.15. The molecule has 2 aromatic carbocycles. The molecule has 0 unspecified atom stereocenters. The van der Waals surface area contributed by atoms with Crippen LogP contribution in [0.5, 0.6) is 17.2 Å². The van der Waals surface area contributed by atoms with Gasteiger partial charge in [-0.25, -0.2) is 10.2 Å². The molecule has 1 heterocycles. The van der Waals surface area contributed by atoms with Crippen LogP contribution < -0.4 is 19.6 Å². The van der Waals surface area contributed by atoms with Gasteiger partial charge in [-0.1, -0.05) is 6.07 Å². The molecular formula is C20H20N2O6. The van der Waals surface area contributed by atoms with Crippen molar-refractivity contribution >= 4 is 18.1 Å². The molecule has 1 N–H and O–H groups in total. The van der Waals surface area contributed by atoms with E-state index in [1.165, 1.54) is 6.21 Å². The second-order valence-corrected chi connectivity index (χ2v) is 5.82. The van der Waals surface area contributed by atoms with Crippen LogP contribution in [0.25, 0.3) is 0 Å². The van der Waals surface area contributed by atoms with Crippen molar-refractivity contribution in [3.8, 4) is 17.2 Å². The Balaban J connectivity index is 1.45. The molecule has 146 valence electrons. The third-order valence-corrected chi connectivity index (χ3v) is 3.75. The fourth-order valence-corrected chi connectivity index (χ4v) is 2.45. The first kappa shape index (κ1) is 19.2. The molecule has 0 saturated heterocycles. The maximum Gasteiger partial charge on any atom is 0.344 e. The number of nitrogens with zero attached hydrogens (tertiary/aromatic N) is 1. The highest BCUT2D eigenvalue weighted by molar-refractivity contribution is 5.83. The molecule has 0 saturated carbocycles. The highest BCUT2D eigenvalue weighted by atomic mass is 16.7. The van der Waals surface area contributed by atoms with Gasteiger partial charge in [0.2, 0.25) is 12.7 Å². The van der Waals surface area contributed by atoms with E-state index in [1.54, 1.807) is 43.3 Å². The number of amides is 1. The van der Waals surface area contributed by atoms with Crippen molar-refractivity contribution < 1.29 is 28.5 Å². The third kappa shape index (κ3) is 5.47. The minimum absolute atomic E-state index is 0.142. The zero-order chi connectivity index (χ0) is 19.8. The van der Waals surface area contributed by atoms with E-state index in [4.69, 9.17) is 18.9 Å². The van der Waals surface area contributed by atoms with Gasteiger partial charge in [-0.05, 0) is 54.4 Å². The van der Waals surface area contributed by atoms with Crippen LogP contribution in [0.1, 0.15) is 18.1 Å². The van der Waals surface area contributed by atoms with Crippen LogP contribution in [-0.2, 0) is 20.7 Å². The summed E-state index contributed by atoms with van der Waals surface area (Å²) in [6.45, 7) is 2.11. The van der Waals surface area contributed by atoms with Crippen LogP contribution in [0.2, 0.25) is 0 Å². The zero-order valence-corrected chi connectivity index (χ0v) is 15.3. The van der Waals surface area contributed by atoms with Gasteiger partial charge in [0.1, 0.15) is 5.75 Å². The monoisotopic (exact) mass is 384 g/mol. The number of hydrogen-bond donors (Lipinski definition) is 1. The molecule has 28 heavy (non-hydrogen) atoms. The van der Waals surface area contributed by atoms with Gasteiger partial charge < -0.3 is 18.9 Å². The van der Waals surface area contributed by atoms with Crippen LogP contribution in [-0.4, -0.2) is 38.1 Å². The fraction of sp³-hybridized carbons (Fsp3) is 0.250. The summed E-state index contributed by atoms with van der Waals surface area (Å²) in [6, 6.07) is 12.3. The Morgan fingerprint density at radius 1 is 1.14 bits per heavy atom. The lowest BCUT2D eigenvalue weighted by atomic mass is 10.1. The molecular weight excluding hydrogens is 364 g/mol. The first-order valence-corrected chi connectivity index (χ1v) is 8.73. The number of hydrogen-bond acceptors (Lipinski definition) is 7. The first-order valence-electron chi connectivity index (χ1n) is 8.73. The SMILES string of the molecule is CCOC(=O)COc1ccc(/C=N\NC(=O)Cc2ccc3c(c2)OCO3)cc1. The molecule has 0 atom stereocenters. The largest absolute Gasteiger partial charge is 0.482 e. The lowest BCUT2D eigenvalue weighted by molar-refractivity contribution is -0.145. The van der Waals surface area contributed by atoms with Crippen LogP contribution in [0, 0.1) is 0 Å². The molecule has 1 aliphatic heterocycles. The van der Waals surface area contributed by atoms with E-state index < -0.39 is 5.97 Å². The highest BCUT2D eigenvalue weighted by Gasteiger charge is 2.14.